The second-order valence-corrected chi connectivity index (χ2v) is 9.47. The van der Waals surface area contributed by atoms with E-state index in [9.17, 15) is 22.8 Å². The molecular weight excluding hydrogens is 461 g/mol. The quantitative estimate of drug-likeness (QED) is 0.494. The molecule has 2 aromatic carbocycles. The van der Waals surface area contributed by atoms with Gasteiger partial charge in [0.2, 0.25) is 11.8 Å². The topological polar surface area (TPSA) is 49.4 Å². The van der Waals surface area contributed by atoms with E-state index >= 15 is 0 Å². The average molecular weight is 487 g/mol. The van der Waals surface area contributed by atoms with Crippen LogP contribution < -0.4 is 5.32 Å². The van der Waals surface area contributed by atoms with Crippen LogP contribution in [0.4, 0.5) is 13.2 Å². The number of carbonyl (C=O) groups is 2. The molecular formula is C26H25F3N2O2S. The normalized spacial score (nSPS) is 16.6. The van der Waals surface area contributed by atoms with Crippen molar-refractivity contribution >= 4 is 23.2 Å². The van der Waals surface area contributed by atoms with Gasteiger partial charge in [0.1, 0.15) is 0 Å². The Hall–Kier alpha value is -3.13. The van der Waals surface area contributed by atoms with Gasteiger partial charge in [0.05, 0.1) is 11.6 Å². The summed E-state index contributed by atoms with van der Waals surface area (Å²) in [5.41, 5.74) is 1.74. The lowest BCUT2D eigenvalue weighted by molar-refractivity contribution is -0.138. The number of halogens is 3. The molecule has 0 spiro atoms. The van der Waals surface area contributed by atoms with Crippen molar-refractivity contribution in [3.63, 3.8) is 0 Å². The number of carbonyl (C=O) groups excluding carboxylic acids is 2. The predicted molar refractivity (Wildman–Crippen MR) is 125 cm³/mol. The molecule has 1 unspecified atom stereocenters. The standard InChI is InChI=1S/C26H25F3N2O2S/c1-17(25(33)30-16-18-6-5-9-20(15-18)26(27,28)29)14-23(32)31-12-10-22-21(11-13-34-22)24(31)19-7-3-2-4-8-19/h2-9,11,13,15,17,24H,10,12,14,16H2,1H3,(H,30,33)/t17-,24?/m1/s1. The highest BCUT2D eigenvalue weighted by molar-refractivity contribution is 7.10. The molecule has 1 aliphatic rings. The van der Waals surface area contributed by atoms with Gasteiger partial charge in [-0.25, -0.2) is 0 Å². The highest BCUT2D eigenvalue weighted by atomic mass is 32.1. The fraction of sp³-hybridized carbons (Fsp3) is 0.308. The van der Waals surface area contributed by atoms with Crippen LogP contribution in [0, 0.1) is 5.92 Å². The Morgan fingerprint density at radius 1 is 1.12 bits per heavy atom. The predicted octanol–water partition coefficient (Wildman–Crippen LogP) is 5.58. The molecule has 0 aliphatic carbocycles. The maximum Gasteiger partial charge on any atom is 0.416 e. The highest BCUT2D eigenvalue weighted by Crippen LogP contribution is 2.38. The summed E-state index contributed by atoms with van der Waals surface area (Å²) in [6, 6.07) is 16.6. The Kier molecular flexibility index (Phi) is 7.07. The molecule has 0 bridgehead atoms. The molecule has 1 N–H and O–H groups in total. The summed E-state index contributed by atoms with van der Waals surface area (Å²) in [6.07, 6.45) is -3.64. The molecule has 8 heteroatoms. The van der Waals surface area contributed by atoms with Crippen LogP contribution in [-0.4, -0.2) is 23.3 Å². The van der Waals surface area contributed by atoms with E-state index < -0.39 is 17.7 Å². The van der Waals surface area contributed by atoms with E-state index in [-0.39, 0.29) is 30.8 Å². The van der Waals surface area contributed by atoms with Crippen molar-refractivity contribution in [2.45, 2.75) is 38.5 Å². The van der Waals surface area contributed by atoms with Crippen molar-refractivity contribution in [3.8, 4) is 0 Å². The lowest BCUT2D eigenvalue weighted by Crippen LogP contribution is -2.42. The van der Waals surface area contributed by atoms with Crippen LogP contribution in [0.3, 0.4) is 0 Å². The molecule has 1 aliphatic heterocycles. The van der Waals surface area contributed by atoms with Gasteiger partial charge < -0.3 is 10.2 Å². The molecule has 0 radical (unpaired) electrons. The maximum absolute atomic E-state index is 13.3. The Labute approximate surface area is 200 Å². The SMILES string of the molecule is C[C@H](CC(=O)N1CCc2sccc2C1c1ccccc1)C(=O)NCc1cccc(C(F)(F)F)c1. The van der Waals surface area contributed by atoms with Crippen LogP contribution in [0.25, 0.3) is 0 Å². The van der Waals surface area contributed by atoms with Gasteiger partial charge in [-0.05, 0) is 46.7 Å². The molecule has 4 nitrogen and oxygen atoms in total. The zero-order chi connectivity index (χ0) is 24.3. The number of amides is 2. The second kappa shape index (κ2) is 10.0. The van der Waals surface area contributed by atoms with Crippen molar-refractivity contribution in [1.82, 2.24) is 10.2 Å². The van der Waals surface area contributed by atoms with E-state index in [1.807, 2.05) is 40.6 Å². The first kappa shape index (κ1) is 24.0. The van der Waals surface area contributed by atoms with Crippen LogP contribution in [0.5, 0.6) is 0 Å². The van der Waals surface area contributed by atoms with Gasteiger partial charge in [-0.3, -0.25) is 9.59 Å². The van der Waals surface area contributed by atoms with Gasteiger partial charge in [-0.15, -0.1) is 11.3 Å². The summed E-state index contributed by atoms with van der Waals surface area (Å²) in [4.78, 5) is 29.0. The molecule has 4 rings (SSSR count). The van der Waals surface area contributed by atoms with E-state index in [0.29, 0.717) is 12.1 Å². The second-order valence-electron chi connectivity index (χ2n) is 8.47. The van der Waals surface area contributed by atoms with Crippen LogP contribution in [0.15, 0.2) is 66.0 Å². The van der Waals surface area contributed by atoms with Crippen molar-refractivity contribution in [3.05, 3.63) is 93.2 Å². The van der Waals surface area contributed by atoms with Crippen LogP contribution in [-0.2, 0) is 28.7 Å². The van der Waals surface area contributed by atoms with E-state index in [4.69, 9.17) is 0 Å². The fourth-order valence-electron chi connectivity index (χ4n) is 4.27. The number of thiophene rings is 1. The molecule has 34 heavy (non-hydrogen) atoms. The lowest BCUT2D eigenvalue weighted by atomic mass is 9.92. The summed E-state index contributed by atoms with van der Waals surface area (Å²) in [5, 5.41) is 4.70. The first-order valence-electron chi connectivity index (χ1n) is 11.1. The number of benzene rings is 2. The zero-order valence-electron chi connectivity index (χ0n) is 18.6. The lowest BCUT2D eigenvalue weighted by Gasteiger charge is -2.37. The summed E-state index contributed by atoms with van der Waals surface area (Å²) >= 11 is 1.69. The molecule has 0 saturated heterocycles. The molecule has 178 valence electrons. The summed E-state index contributed by atoms with van der Waals surface area (Å²) in [7, 11) is 0. The monoisotopic (exact) mass is 486 g/mol. The van der Waals surface area contributed by atoms with Gasteiger partial charge in [-0.1, -0.05) is 49.4 Å². The Balaban J connectivity index is 1.41. The molecule has 2 amide bonds. The molecule has 0 fully saturated rings. The van der Waals surface area contributed by atoms with E-state index in [1.54, 1.807) is 18.3 Å². The van der Waals surface area contributed by atoms with Crippen molar-refractivity contribution in [1.29, 1.82) is 0 Å². The minimum absolute atomic E-state index is 0.0250. The molecule has 0 saturated carbocycles. The van der Waals surface area contributed by atoms with Gasteiger partial charge >= 0.3 is 6.18 Å². The van der Waals surface area contributed by atoms with E-state index in [1.165, 1.54) is 17.0 Å². The van der Waals surface area contributed by atoms with Gasteiger partial charge in [0, 0.05) is 30.3 Å². The number of hydrogen-bond acceptors (Lipinski definition) is 3. The molecule has 2 atom stereocenters. The van der Waals surface area contributed by atoms with Gasteiger partial charge in [0.15, 0.2) is 0 Å². The third-order valence-electron chi connectivity index (χ3n) is 6.05. The fourth-order valence-corrected chi connectivity index (χ4v) is 5.18. The number of nitrogens with zero attached hydrogens (tertiary/aromatic N) is 1. The van der Waals surface area contributed by atoms with Crippen LogP contribution in [0.1, 0.15) is 46.5 Å². The number of alkyl halides is 3. The summed E-state index contributed by atoms with van der Waals surface area (Å²) < 4.78 is 38.7. The Bertz CT molecular complexity index is 1160. The minimum atomic E-state index is -4.44. The molecule has 1 aromatic heterocycles. The number of hydrogen-bond donors (Lipinski definition) is 1. The highest BCUT2D eigenvalue weighted by Gasteiger charge is 2.34. The molecule has 3 aromatic rings. The minimum Gasteiger partial charge on any atom is -0.352 e. The maximum atomic E-state index is 13.3. The molecule has 2 heterocycles. The van der Waals surface area contributed by atoms with Crippen molar-refractivity contribution < 1.29 is 22.8 Å². The summed E-state index contributed by atoms with van der Waals surface area (Å²) in [6.45, 7) is 2.21. The summed E-state index contributed by atoms with van der Waals surface area (Å²) in [5.74, 6) is -1.10. The first-order valence-corrected chi connectivity index (χ1v) is 12.0. The third-order valence-corrected chi connectivity index (χ3v) is 7.05. The van der Waals surface area contributed by atoms with E-state index in [0.717, 1.165) is 29.7 Å². The van der Waals surface area contributed by atoms with Gasteiger partial charge in [0.25, 0.3) is 0 Å². The van der Waals surface area contributed by atoms with E-state index in [2.05, 4.69) is 11.4 Å². The van der Waals surface area contributed by atoms with Gasteiger partial charge in [-0.2, -0.15) is 13.2 Å². The van der Waals surface area contributed by atoms with Crippen molar-refractivity contribution in [2.75, 3.05) is 6.54 Å². The smallest absolute Gasteiger partial charge is 0.352 e. The first-order chi connectivity index (χ1) is 16.2. The average Bonchev–Trinajstić information content (AvgIpc) is 3.31. The zero-order valence-corrected chi connectivity index (χ0v) is 19.5. The number of nitrogens with one attached hydrogen (secondary N) is 1. The van der Waals surface area contributed by atoms with Crippen molar-refractivity contribution in [2.24, 2.45) is 5.92 Å². The number of fused-ring (bicyclic) bond motifs is 1. The Morgan fingerprint density at radius 2 is 1.88 bits per heavy atom. The number of rotatable bonds is 6. The Morgan fingerprint density at radius 3 is 2.62 bits per heavy atom. The largest absolute Gasteiger partial charge is 0.416 e. The van der Waals surface area contributed by atoms with Crippen LogP contribution >= 0.6 is 11.3 Å². The van der Waals surface area contributed by atoms with Crippen LogP contribution in [0.2, 0.25) is 0 Å². The third kappa shape index (κ3) is 5.33.